The van der Waals surface area contributed by atoms with E-state index >= 15 is 0 Å². The first-order valence-corrected chi connectivity index (χ1v) is 7.95. The van der Waals surface area contributed by atoms with E-state index in [-0.39, 0.29) is 5.91 Å². The molecule has 0 aromatic heterocycles. The van der Waals surface area contributed by atoms with Gasteiger partial charge in [-0.2, -0.15) is 0 Å². The van der Waals surface area contributed by atoms with Crippen LogP contribution in [0.3, 0.4) is 0 Å². The molecule has 114 valence electrons. The Labute approximate surface area is 129 Å². The molecule has 21 heavy (non-hydrogen) atoms. The molecule has 0 bridgehead atoms. The highest BCUT2D eigenvalue weighted by Gasteiger charge is 2.09. The topological polar surface area (TPSA) is 29.1 Å². The SMILES string of the molecule is CC=C=C(CCCCCCC)C(=O)Nc1ccc(C)cc1. The van der Waals surface area contributed by atoms with E-state index in [9.17, 15) is 4.79 Å². The van der Waals surface area contributed by atoms with Crippen LogP contribution in [-0.4, -0.2) is 5.91 Å². The van der Waals surface area contributed by atoms with Crippen molar-refractivity contribution in [2.45, 2.75) is 59.3 Å². The summed E-state index contributed by atoms with van der Waals surface area (Å²) in [5.41, 5.74) is 5.86. The van der Waals surface area contributed by atoms with E-state index in [1.807, 2.05) is 44.2 Å². The van der Waals surface area contributed by atoms with Gasteiger partial charge in [-0.3, -0.25) is 4.79 Å². The molecule has 1 rings (SSSR count). The second kappa shape index (κ2) is 10.0. The van der Waals surface area contributed by atoms with Crippen LogP contribution in [-0.2, 0) is 4.79 Å². The Kier molecular flexibility index (Phi) is 8.23. The number of aryl methyl sites for hydroxylation is 1. The number of carbonyl (C=O) groups is 1. The van der Waals surface area contributed by atoms with Crippen molar-refractivity contribution in [3.8, 4) is 0 Å². The van der Waals surface area contributed by atoms with E-state index in [1.165, 1.54) is 31.2 Å². The quantitative estimate of drug-likeness (QED) is 0.387. The lowest BCUT2D eigenvalue weighted by Crippen LogP contribution is -2.14. The zero-order chi connectivity index (χ0) is 15.5. The van der Waals surface area contributed by atoms with Crippen molar-refractivity contribution in [3.63, 3.8) is 0 Å². The summed E-state index contributed by atoms with van der Waals surface area (Å²) in [4.78, 5) is 12.3. The molecule has 0 aliphatic heterocycles. The lowest BCUT2D eigenvalue weighted by molar-refractivity contribution is -0.113. The average molecular weight is 285 g/mol. The summed E-state index contributed by atoms with van der Waals surface area (Å²) in [5, 5.41) is 2.95. The van der Waals surface area contributed by atoms with Gasteiger partial charge in [0.1, 0.15) is 0 Å². The molecule has 0 heterocycles. The van der Waals surface area contributed by atoms with E-state index in [0.29, 0.717) is 0 Å². The Morgan fingerprint density at radius 2 is 1.81 bits per heavy atom. The molecule has 0 aliphatic carbocycles. The van der Waals surface area contributed by atoms with Crippen molar-refractivity contribution in [2.75, 3.05) is 5.32 Å². The van der Waals surface area contributed by atoms with Gasteiger partial charge in [0.05, 0.1) is 5.57 Å². The fourth-order valence-corrected chi connectivity index (χ4v) is 2.17. The van der Waals surface area contributed by atoms with Crippen LogP contribution >= 0.6 is 0 Å². The summed E-state index contributed by atoms with van der Waals surface area (Å²) in [6, 6.07) is 7.86. The molecule has 1 aromatic rings. The number of anilines is 1. The van der Waals surface area contributed by atoms with E-state index in [4.69, 9.17) is 0 Å². The summed E-state index contributed by atoms with van der Waals surface area (Å²) < 4.78 is 0. The van der Waals surface area contributed by atoms with Crippen LogP contribution in [0.4, 0.5) is 5.69 Å². The standard InChI is InChI=1S/C19H27NO/c1-4-6-7-8-9-11-17(10-5-2)19(21)20-18-14-12-16(3)13-15-18/h5,12-15H,4,6-9,11H2,1-3H3,(H,20,21). The summed E-state index contributed by atoms with van der Waals surface area (Å²) in [6.07, 6.45) is 8.61. The van der Waals surface area contributed by atoms with Crippen LogP contribution in [0.25, 0.3) is 0 Å². The van der Waals surface area contributed by atoms with Gasteiger partial charge in [-0.05, 0) is 44.9 Å². The van der Waals surface area contributed by atoms with Gasteiger partial charge in [-0.15, -0.1) is 5.73 Å². The lowest BCUT2D eigenvalue weighted by atomic mass is 10.1. The van der Waals surface area contributed by atoms with Crippen LogP contribution in [0.15, 0.2) is 41.6 Å². The van der Waals surface area contributed by atoms with Crippen molar-refractivity contribution < 1.29 is 4.79 Å². The minimum absolute atomic E-state index is 0.0348. The van der Waals surface area contributed by atoms with Gasteiger partial charge >= 0.3 is 0 Å². The van der Waals surface area contributed by atoms with Crippen molar-refractivity contribution >= 4 is 11.6 Å². The lowest BCUT2D eigenvalue weighted by Gasteiger charge is -2.07. The molecule has 0 fully saturated rings. The molecule has 0 aliphatic rings. The van der Waals surface area contributed by atoms with Crippen LogP contribution in [0.2, 0.25) is 0 Å². The third-order valence-electron chi connectivity index (χ3n) is 3.43. The van der Waals surface area contributed by atoms with E-state index in [2.05, 4.69) is 18.0 Å². The maximum absolute atomic E-state index is 12.3. The number of benzene rings is 1. The number of unbranched alkanes of at least 4 members (excludes halogenated alkanes) is 4. The molecule has 0 unspecified atom stereocenters. The number of hydrogen-bond acceptors (Lipinski definition) is 1. The third kappa shape index (κ3) is 6.97. The summed E-state index contributed by atoms with van der Waals surface area (Å²) in [6.45, 7) is 6.14. The monoisotopic (exact) mass is 285 g/mol. The number of rotatable bonds is 8. The molecule has 0 saturated carbocycles. The van der Waals surface area contributed by atoms with Crippen LogP contribution in [0, 0.1) is 6.92 Å². The first kappa shape index (κ1) is 17.3. The zero-order valence-corrected chi connectivity index (χ0v) is 13.5. The van der Waals surface area contributed by atoms with Gasteiger partial charge in [0, 0.05) is 5.69 Å². The Morgan fingerprint density at radius 3 is 2.43 bits per heavy atom. The molecule has 1 aromatic carbocycles. The van der Waals surface area contributed by atoms with Crippen molar-refractivity contribution in [1.82, 2.24) is 0 Å². The molecule has 0 atom stereocenters. The molecule has 0 spiro atoms. The van der Waals surface area contributed by atoms with Crippen LogP contribution in [0.1, 0.15) is 57.9 Å². The smallest absolute Gasteiger partial charge is 0.259 e. The Hall–Kier alpha value is -1.79. The minimum Gasteiger partial charge on any atom is -0.322 e. The number of hydrogen-bond donors (Lipinski definition) is 1. The highest BCUT2D eigenvalue weighted by molar-refractivity contribution is 6.03. The highest BCUT2D eigenvalue weighted by Crippen LogP contribution is 2.14. The molecular formula is C19H27NO. The van der Waals surface area contributed by atoms with Crippen LogP contribution in [0.5, 0.6) is 0 Å². The summed E-state index contributed by atoms with van der Waals surface area (Å²) in [5.74, 6) is -0.0348. The van der Waals surface area contributed by atoms with Gasteiger partial charge < -0.3 is 5.32 Å². The fourth-order valence-electron chi connectivity index (χ4n) is 2.17. The maximum atomic E-state index is 12.3. The number of amides is 1. The van der Waals surface area contributed by atoms with E-state index in [1.54, 1.807) is 0 Å². The molecular weight excluding hydrogens is 258 g/mol. The second-order valence-corrected chi connectivity index (χ2v) is 5.40. The van der Waals surface area contributed by atoms with Crippen LogP contribution < -0.4 is 5.32 Å². The van der Waals surface area contributed by atoms with E-state index < -0.39 is 0 Å². The van der Waals surface area contributed by atoms with Crippen molar-refractivity contribution in [2.24, 2.45) is 0 Å². The van der Waals surface area contributed by atoms with Gasteiger partial charge in [0.2, 0.25) is 0 Å². The molecule has 2 nitrogen and oxygen atoms in total. The van der Waals surface area contributed by atoms with Gasteiger partial charge in [0.25, 0.3) is 5.91 Å². The second-order valence-electron chi connectivity index (χ2n) is 5.40. The molecule has 1 N–H and O–H groups in total. The summed E-state index contributed by atoms with van der Waals surface area (Å²) >= 11 is 0. The third-order valence-corrected chi connectivity index (χ3v) is 3.43. The van der Waals surface area contributed by atoms with Crippen molar-refractivity contribution in [1.29, 1.82) is 0 Å². The normalized spacial score (nSPS) is 9.86. The Morgan fingerprint density at radius 1 is 1.14 bits per heavy atom. The molecule has 1 amide bonds. The predicted molar refractivity (Wildman–Crippen MR) is 90.5 cm³/mol. The predicted octanol–water partition coefficient (Wildman–Crippen LogP) is 5.40. The largest absolute Gasteiger partial charge is 0.322 e. The van der Waals surface area contributed by atoms with E-state index in [0.717, 1.165) is 24.1 Å². The zero-order valence-electron chi connectivity index (χ0n) is 13.5. The first-order chi connectivity index (χ1) is 10.2. The molecule has 0 radical (unpaired) electrons. The van der Waals surface area contributed by atoms with Crippen molar-refractivity contribution in [3.05, 3.63) is 47.2 Å². The number of carbonyl (C=O) groups excluding carboxylic acids is 1. The van der Waals surface area contributed by atoms with Gasteiger partial charge in [0.15, 0.2) is 0 Å². The fraction of sp³-hybridized carbons (Fsp3) is 0.474. The number of nitrogens with one attached hydrogen (secondary N) is 1. The Bertz CT molecular complexity index is 493. The minimum atomic E-state index is -0.0348. The van der Waals surface area contributed by atoms with Gasteiger partial charge in [-0.25, -0.2) is 0 Å². The Balaban J connectivity index is 2.54. The average Bonchev–Trinajstić information content (AvgIpc) is 2.48. The summed E-state index contributed by atoms with van der Waals surface area (Å²) in [7, 11) is 0. The molecule has 2 heteroatoms. The first-order valence-electron chi connectivity index (χ1n) is 7.95. The maximum Gasteiger partial charge on any atom is 0.259 e. The van der Waals surface area contributed by atoms with Gasteiger partial charge in [-0.1, -0.05) is 50.3 Å². The highest BCUT2D eigenvalue weighted by atomic mass is 16.1. The molecule has 0 saturated heterocycles.